The van der Waals surface area contributed by atoms with Crippen molar-refractivity contribution < 1.29 is 4.79 Å². The van der Waals surface area contributed by atoms with Crippen LogP contribution in [0.5, 0.6) is 0 Å². The molecule has 0 aliphatic carbocycles. The monoisotopic (exact) mass is 248 g/mol. The fourth-order valence-electron chi connectivity index (χ4n) is 5.23. The van der Waals surface area contributed by atoms with E-state index in [2.05, 4.69) is 9.80 Å². The van der Waals surface area contributed by atoms with E-state index in [-0.39, 0.29) is 0 Å². The Kier molecular flexibility index (Phi) is 2.65. The van der Waals surface area contributed by atoms with Crippen LogP contribution in [-0.2, 0) is 4.79 Å². The van der Waals surface area contributed by atoms with E-state index < -0.39 is 0 Å². The fraction of sp³-hybridized carbons (Fsp3) is 0.933. The molecular weight excluding hydrogens is 224 g/mol. The first-order chi connectivity index (χ1) is 8.84. The van der Waals surface area contributed by atoms with E-state index in [1.54, 1.807) is 0 Å². The Labute approximate surface area is 110 Å². The van der Waals surface area contributed by atoms with Gasteiger partial charge in [-0.2, -0.15) is 0 Å². The van der Waals surface area contributed by atoms with Crippen molar-refractivity contribution in [2.75, 3.05) is 13.1 Å². The lowest BCUT2D eigenvalue weighted by Gasteiger charge is -2.59. The van der Waals surface area contributed by atoms with E-state index in [0.29, 0.717) is 24.0 Å². The summed E-state index contributed by atoms with van der Waals surface area (Å²) in [6.07, 6.45) is 9.86. The summed E-state index contributed by atoms with van der Waals surface area (Å²) in [5, 5.41) is 0. The largest absolute Gasteiger partial charge is 0.335 e. The van der Waals surface area contributed by atoms with Crippen molar-refractivity contribution in [1.82, 2.24) is 9.80 Å². The smallest absolute Gasteiger partial charge is 0.223 e. The molecule has 18 heavy (non-hydrogen) atoms. The van der Waals surface area contributed by atoms with Crippen LogP contribution in [0.25, 0.3) is 0 Å². The molecule has 4 heterocycles. The number of piperidine rings is 4. The molecule has 0 bridgehead atoms. The second-order valence-electron chi connectivity index (χ2n) is 6.72. The first-order valence-electron chi connectivity index (χ1n) is 7.90. The van der Waals surface area contributed by atoms with Gasteiger partial charge in [0.2, 0.25) is 5.91 Å². The second kappa shape index (κ2) is 4.22. The number of fused-ring (bicyclic) bond motifs is 2. The lowest BCUT2D eigenvalue weighted by atomic mass is 9.71. The maximum Gasteiger partial charge on any atom is 0.223 e. The number of amides is 1. The molecule has 0 aromatic heterocycles. The van der Waals surface area contributed by atoms with Crippen LogP contribution < -0.4 is 0 Å². The average Bonchev–Trinajstić information content (AvgIpc) is 2.39. The predicted molar refractivity (Wildman–Crippen MR) is 70.2 cm³/mol. The minimum Gasteiger partial charge on any atom is -0.335 e. The standard InChI is InChI=1S/C15H24N2O/c18-14-7-1-5-12-10-11-4-2-8-16-9-3-6-13(15(11)16)17(12)14/h11-13,15H,1-10H2/t11-,12+,13+,15+/m0/s1. The minimum absolute atomic E-state index is 0.460. The molecular formula is C15H24N2O. The Morgan fingerprint density at radius 2 is 1.83 bits per heavy atom. The van der Waals surface area contributed by atoms with Crippen LogP contribution in [0.1, 0.15) is 51.4 Å². The average molecular weight is 248 g/mol. The second-order valence-corrected chi connectivity index (χ2v) is 6.72. The molecule has 4 saturated heterocycles. The van der Waals surface area contributed by atoms with Gasteiger partial charge >= 0.3 is 0 Å². The van der Waals surface area contributed by atoms with E-state index in [1.807, 2.05) is 0 Å². The molecule has 0 saturated carbocycles. The van der Waals surface area contributed by atoms with Crippen LogP contribution in [0.4, 0.5) is 0 Å². The van der Waals surface area contributed by atoms with Crippen molar-refractivity contribution in [3.63, 3.8) is 0 Å². The zero-order chi connectivity index (χ0) is 12.1. The molecule has 0 aromatic carbocycles. The zero-order valence-electron chi connectivity index (χ0n) is 11.2. The third kappa shape index (κ3) is 1.56. The van der Waals surface area contributed by atoms with Crippen LogP contribution in [0.2, 0.25) is 0 Å². The lowest BCUT2D eigenvalue weighted by molar-refractivity contribution is -0.153. The van der Waals surface area contributed by atoms with Crippen LogP contribution in [0.15, 0.2) is 0 Å². The van der Waals surface area contributed by atoms with E-state index in [0.717, 1.165) is 18.8 Å². The number of rotatable bonds is 0. The van der Waals surface area contributed by atoms with Crippen molar-refractivity contribution in [2.45, 2.75) is 69.5 Å². The topological polar surface area (TPSA) is 23.6 Å². The molecule has 100 valence electrons. The summed E-state index contributed by atoms with van der Waals surface area (Å²) < 4.78 is 0. The molecule has 3 nitrogen and oxygen atoms in total. The normalized spacial score (nSPS) is 44.4. The number of carbonyl (C=O) groups excluding carboxylic acids is 1. The van der Waals surface area contributed by atoms with Gasteiger partial charge in [-0.3, -0.25) is 9.69 Å². The highest BCUT2D eigenvalue weighted by Gasteiger charge is 2.50. The molecule has 4 fully saturated rings. The van der Waals surface area contributed by atoms with Gasteiger partial charge in [0, 0.05) is 24.5 Å². The highest BCUT2D eigenvalue weighted by Crippen LogP contribution is 2.43. The van der Waals surface area contributed by atoms with Gasteiger partial charge in [0.05, 0.1) is 0 Å². The van der Waals surface area contributed by atoms with Gasteiger partial charge in [-0.1, -0.05) is 0 Å². The van der Waals surface area contributed by atoms with Crippen molar-refractivity contribution in [1.29, 1.82) is 0 Å². The summed E-state index contributed by atoms with van der Waals surface area (Å²) in [7, 11) is 0. The van der Waals surface area contributed by atoms with Gasteiger partial charge in [-0.25, -0.2) is 0 Å². The highest BCUT2D eigenvalue weighted by atomic mass is 16.2. The van der Waals surface area contributed by atoms with Gasteiger partial charge in [0.25, 0.3) is 0 Å². The third-order valence-electron chi connectivity index (χ3n) is 5.81. The van der Waals surface area contributed by atoms with E-state index >= 15 is 0 Å². The lowest BCUT2D eigenvalue weighted by Crippen LogP contribution is -2.68. The van der Waals surface area contributed by atoms with Crippen LogP contribution in [0.3, 0.4) is 0 Å². The molecule has 4 aliphatic rings. The van der Waals surface area contributed by atoms with Gasteiger partial charge < -0.3 is 4.90 Å². The maximum absolute atomic E-state index is 12.3. The summed E-state index contributed by atoms with van der Waals surface area (Å²) in [5.41, 5.74) is 0. The summed E-state index contributed by atoms with van der Waals surface area (Å²) in [6.45, 7) is 2.56. The molecule has 1 amide bonds. The molecule has 0 N–H and O–H groups in total. The number of nitrogens with zero attached hydrogens (tertiary/aromatic N) is 2. The van der Waals surface area contributed by atoms with Gasteiger partial charge in [-0.05, 0) is 64.0 Å². The first kappa shape index (κ1) is 11.3. The van der Waals surface area contributed by atoms with Gasteiger partial charge in [-0.15, -0.1) is 0 Å². The Bertz CT molecular complexity index is 354. The van der Waals surface area contributed by atoms with Crippen LogP contribution in [-0.4, -0.2) is 46.9 Å². The number of carbonyl (C=O) groups is 1. The van der Waals surface area contributed by atoms with Crippen LogP contribution in [0, 0.1) is 5.92 Å². The van der Waals surface area contributed by atoms with Crippen molar-refractivity contribution in [3.8, 4) is 0 Å². The Hall–Kier alpha value is -0.570. The van der Waals surface area contributed by atoms with Crippen molar-refractivity contribution in [3.05, 3.63) is 0 Å². The number of hydrogen-bond acceptors (Lipinski definition) is 2. The third-order valence-corrected chi connectivity index (χ3v) is 5.81. The fourth-order valence-corrected chi connectivity index (χ4v) is 5.23. The molecule has 3 heteroatoms. The highest BCUT2D eigenvalue weighted by molar-refractivity contribution is 5.78. The summed E-state index contributed by atoms with van der Waals surface area (Å²) in [5.74, 6) is 1.35. The van der Waals surface area contributed by atoms with Gasteiger partial charge in [0.1, 0.15) is 0 Å². The summed E-state index contributed by atoms with van der Waals surface area (Å²) in [6, 6.07) is 1.87. The summed E-state index contributed by atoms with van der Waals surface area (Å²) >= 11 is 0. The Balaban J connectivity index is 1.67. The minimum atomic E-state index is 0.460. The molecule has 4 aliphatic heterocycles. The molecule has 0 spiro atoms. The molecule has 4 rings (SSSR count). The molecule has 0 radical (unpaired) electrons. The van der Waals surface area contributed by atoms with E-state index in [9.17, 15) is 4.79 Å². The van der Waals surface area contributed by atoms with Crippen molar-refractivity contribution >= 4 is 5.91 Å². The van der Waals surface area contributed by atoms with Crippen LogP contribution >= 0.6 is 0 Å². The quantitative estimate of drug-likeness (QED) is 0.655. The first-order valence-corrected chi connectivity index (χ1v) is 7.90. The zero-order valence-corrected chi connectivity index (χ0v) is 11.2. The predicted octanol–water partition coefficient (Wildman–Crippen LogP) is 2.01. The Morgan fingerprint density at radius 1 is 1.00 bits per heavy atom. The number of hydrogen-bond donors (Lipinski definition) is 0. The molecule has 0 unspecified atom stereocenters. The van der Waals surface area contributed by atoms with E-state index in [4.69, 9.17) is 0 Å². The Morgan fingerprint density at radius 3 is 2.72 bits per heavy atom. The maximum atomic E-state index is 12.3. The molecule has 0 aromatic rings. The van der Waals surface area contributed by atoms with Gasteiger partial charge in [0.15, 0.2) is 0 Å². The van der Waals surface area contributed by atoms with Crippen molar-refractivity contribution in [2.24, 2.45) is 5.92 Å². The molecule has 4 atom stereocenters. The van der Waals surface area contributed by atoms with E-state index in [1.165, 1.54) is 51.6 Å². The SMILES string of the molecule is O=C1CCC[C@@H]2C[C@@H]3CCCN4CCC[C@H]([C@@H]34)N12. The summed E-state index contributed by atoms with van der Waals surface area (Å²) in [4.78, 5) is 17.4.